The number of nitrogens with zero attached hydrogens (tertiary/aromatic N) is 1. The van der Waals surface area contributed by atoms with E-state index in [-0.39, 0.29) is 5.57 Å². The lowest BCUT2D eigenvalue weighted by atomic mass is 9.77. The Labute approximate surface area is 215 Å². The van der Waals surface area contributed by atoms with Gasteiger partial charge < -0.3 is 10.5 Å². The topological polar surface area (TPSA) is 107 Å². The molecule has 2 saturated heterocycles. The summed E-state index contributed by atoms with van der Waals surface area (Å²) in [6.07, 6.45) is -0.936. The number of ketones is 2. The highest BCUT2D eigenvalue weighted by Crippen LogP contribution is 2.58. The highest BCUT2D eigenvalue weighted by molar-refractivity contribution is 9.10. The Hall–Kier alpha value is -2.59. The quantitative estimate of drug-likeness (QED) is 0.443. The molecular weight excluding hydrogens is 532 g/mol. The van der Waals surface area contributed by atoms with Crippen LogP contribution in [-0.2, 0) is 30.5 Å². The number of imide groups is 1. The second-order valence-corrected chi connectivity index (χ2v) is 11.0. The molecule has 2 amide bonds. The summed E-state index contributed by atoms with van der Waals surface area (Å²) in [7, 11) is 0. The van der Waals surface area contributed by atoms with Gasteiger partial charge in [-0.3, -0.25) is 19.2 Å². The first-order valence-corrected chi connectivity index (χ1v) is 13.1. The van der Waals surface area contributed by atoms with Crippen molar-refractivity contribution < 1.29 is 23.9 Å². The number of Topliss-reactive ketones (excluding diaryl/α,β-unsaturated/α-hetero) is 2. The number of fused-ring (bicyclic) bond motifs is 2. The van der Waals surface area contributed by atoms with Gasteiger partial charge in [0.15, 0.2) is 0 Å². The number of benzene rings is 2. The van der Waals surface area contributed by atoms with E-state index in [1.54, 1.807) is 49.4 Å². The fraction of sp³-hybridized carbons (Fsp3) is 0.308. The van der Waals surface area contributed by atoms with Crippen molar-refractivity contribution in [3.8, 4) is 0 Å². The zero-order valence-electron chi connectivity index (χ0n) is 19.1. The van der Waals surface area contributed by atoms with Gasteiger partial charge in [-0.1, -0.05) is 47.1 Å². The standard InChI is InChI=1S/C26H23BrN2O5S/c1-3-35-21-13(2)22(30)26(23(21)31)19-18(20(34-26)15-5-4-6-16(27)11-15)24(32)29(25(19)33)17-9-7-14(12-28)8-10-17/h4-11,18-20H,3,12,28H2,1-2H3. The van der Waals surface area contributed by atoms with E-state index in [1.165, 1.54) is 11.8 Å². The van der Waals surface area contributed by atoms with E-state index in [2.05, 4.69) is 15.9 Å². The normalized spacial score (nSPS) is 28.1. The van der Waals surface area contributed by atoms with Crippen molar-refractivity contribution in [1.82, 2.24) is 0 Å². The van der Waals surface area contributed by atoms with E-state index in [4.69, 9.17) is 10.5 Å². The highest BCUT2D eigenvalue weighted by atomic mass is 79.9. The largest absolute Gasteiger partial charge is 0.349 e. The average molecular weight is 555 g/mol. The van der Waals surface area contributed by atoms with E-state index < -0.39 is 46.9 Å². The molecule has 4 unspecified atom stereocenters. The van der Waals surface area contributed by atoms with Gasteiger partial charge in [0.1, 0.15) is 0 Å². The minimum absolute atomic E-state index is 0.279. The molecule has 1 aliphatic carbocycles. The molecule has 2 aromatic rings. The Morgan fingerprint density at radius 2 is 1.77 bits per heavy atom. The summed E-state index contributed by atoms with van der Waals surface area (Å²) in [5.74, 6) is -3.84. The molecule has 0 saturated carbocycles. The molecular formula is C26H23BrN2O5S. The summed E-state index contributed by atoms with van der Waals surface area (Å²) in [6, 6.07) is 14.0. The van der Waals surface area contributed by atoms with E-state index in [1.807, 2.05) is 13.0 Å². The van der Waals surface area contributed by atoms with Gasteiger partial charge >= 0.3 is 0 Å². The summed E-state index contributed by atoms with van der Waals surface area (Å²) >= 11 is 4.69. The van der Waals surface area contributed by atoms with Crippen LogP contribution in [0.4, 0.5) is 5.69 Å². The van der Waals surface area contributed by atoms with Gasteiger partial charge in [0.05, 0.1) is 28.5 Å². The summed E-state index contributed by atoms with van der Waals surface area (Å²) in [5, 5.41) is 0. The van der Waals surface area contributed by atoms with Crippen LogP contribution in [0, 0.1) is 11.8 Å². The predicted octanol–water partition coefficient (Wildman–Crippen LogP) is 3.70. The van der Waals surface area contributed by atoms with Crippen molar-refractivity contribution >= 4 is 56.8 Å². The molecule has 4 atom stereocenters. The minimum atomic E-state index is -2.04. The highest BCUT2D eigenvalue weighted by Gasteiger charge is 2.74. The minimum Gasteiger partial charge on any atom is -0.349 e. The molecule has 9 heteroatoms. The second-order valence-electron chi connectivity index (χ2n) is 8.76. The van der Waals surface area contributed by atoms with Crippen molar-refractivity contribution in [3.63, 3.8) is 0 Å². The third-order valence-corrected chi connectivity index (χ3v) is 8.45. The number of thioether (sulfide) groups is 1. The number of hydrogen-bond donors (Lipinski definition) is 1. The van der Waals surface area contributed by atoms with Gasteiger partial charge in [-0.15, -0.1) is 11.8 Å². The Morgan fingerprint density at radius 3 is 2.40 bits per heavy atom. The number of ether oxygens (including phenoxy) is 1. The van der Waals surface area contributed by atoms with Gasteiger partial charge in [-0.05, 0) is 48.1 Å². The maximum absolute atomic E-state index is 13.9. The molecule has 0 bridgehead atoms. The molecule has 0 radical (unpaired) electrons. The molecule has 5 rings (SSSR count). The predicted molar refractivity (Wildman–Crippen MR) is 135 cm³/mol. The molecule has 0 aromatic heterocycles. The Morgan fingerprint density at radius 1 is 1.06 bits per heavy atom. The maximum Gasteiger partial charge on any atom is 0.241 e. The first-order valence-electron chi connectivity index (χ1n) is 11.3. The van der Waals surface area contributed by atoms with E-state index in [9.17, 15) is 19.2 Å². The van der Waals surface area contributed by atoms with Gasteiger partial charge in [0.25, 0.3) is 0 Å². The van der Waals surface area contributed by atoms with Crippen LogP contribution in [0.15, 0.2) is 63.5 Å². The first kappa shape index (κ1) is 24.1. The van der Waals surface area contributed by atoms with Crippen molar-refractivity contribution in [1.29, 1.82) is 0 Å². The van der Waals surface area contributed by atoms with Crippen molar-refractivity contribution in [2.75, 3.05) is 10.7 Å². The van der Waals surface area contributed by atoms with Crippen molar-refractivity contribution in [3.05, 3.63) is 74.6 Å². The number of rotatable bonds is 5. The Kier molecular flexibility index (Phi) is 6.07. The summed E-state index contributed by atoms with van der Waals surface area (Å²) in [5.41, 5.74) is 5.76. The zero-order chi connectivity index (χ0) is 25.1. The zero-order valence-corrected chi connectivity index (χ0v) is 21.5. The third kappa shape index (κ3) is 3.40. The number of anilines is 1. The van der Waals surface area contributed by atoms with Crippen LogP contribution in [0.2, 0.25) is 0 Å². The van der Waals surface area contributed by atoms with Crippen LogP contribution in [0.3, 0.4) is 0 Å². The van der Waals surface area contributed by atoms with Gasteiger partial charge in [0.2, 0.25) is 29.0 Å². The SMILES string of the molecule is CCSC1=C(C)C(=O)C2(OC(c3cccc(Br)c3)C3C(=O)N(c4ccc(CN)cc4)C(=O)C32)C1=O. The van der Waals surface area contributed by atoms with Crippen LogP contribution in [0.1, 0.15) is 31.1 Å². The number of nitrogens with two attached hydrogens (primary N) is 1. The molecule has 2 fully saturated rings. The lowest BCUT2D eigenvalue weighted by molar-refractivity contribution is -0.156. The summed E-state index contributed by atoms with van der Waals surface area (Å²) in [6.45, 7) is 3.79. The number of carbonyl (C=O) groups excluding carboxylic acids is 4. The van der Waals surface area contributed by atoms with Gasteiger partial charge in [-0.25, -0.2) is 4.90 Å². The monoisotopic (exact) mass is 554 g/mol. The molecule has 3 aliphatic rings. The van der Waals surface area contributed by atoms with E-state index in [0.29, 0.717) is 28.5 Å². The second kappa shape index (κ2) is 8.81. The van der Waals surface area contributed by atoms with Crippen LogP contribution < -0.4 is 10.6 Å². The number of amides is 2. The lowest BCUT2D eigenvalue weighted by Gasteiger charge is -2.28. The summed E-state index contributed by atoms with van der Waals surface area (Å²) < 4.78 is 7.04. The van der Waals surface area contributed by atoms with Gasteiger partial charge in [-0.2, -0.15) is 0 Å². The van der Waals surface area contributed by atoms with Crippen molar-refractivity contribution in [2.45, 2.75) is 32.1 Å². The van der Waals surface area contributed by atoms with Crippen molar-refractivity contribution in [2.24, 2.45) is 17.6 Å². The fourth-order valence-corrected chi connectivity index (χ4v) is 6.59. The average Bonchev–Trinajstić information content (AvgIpc) is 3.41. The summed E-state index contributed by atoms with van der Waals surface area (Å²) in [4.78, 5) is 56.5. The molecule has 1 spiro atoms. The third-order valence-electron chi connectivity index (χ3n) is 6.89. The lowest BCUT2D eigenvalue weighted by Crippen LogP contribution is -2.52. The molecule has 180 valence electrons. The number of hydrogen-bond acceptors (Lipinski definition) is 7. The molecule has 7 nitrogen and oxygen atoms in total. The number of halogens is 1. The van der Waals surface area contributed by atoms with Gasteiger partial charge in [0, 0.05) is 16.6 Å². The molecule has 2 aliphatic heterocycles. The van der Waals surface area contributed by atoms with Crippen LogP contribution in [0.25, 0.3) is 0 Å². The van der Waals surface area contributed by atoms with Crippen LogP contribution in [-0.4, -0.2) is 34.7 Å². The fourth-order valence-electron chi connectivity index (χ4n) is 5.30. The smallest absolute Gasteiger partial charge is 0.241 e. The number of carbonyl (C=O) groups is 4. The van der Waals surface area contributed by atoms with E-state index in [0.717, 1.165) is 14.9 Å². The molecule has 2 N–H and O–H groups in total. The molecule has 2 aromatic carbocycles. The molecule has 2 heterocycles. The maximum atomic E-state index is 13.9. The molecule has 35 heavy (non-hydrogen) atoms. The Balaban J connectivity index is 1.66. The van der Waals surface area contributed by atoms with E-state index >= 15 is 0 Å². The van der Waals surface area contributed by atoms with Crippen LogP contribution in [0.5, 0.6) is 0 Å². The Bertz CT molecular complexity index is 1310. The first-order chi connectivity index (χ1) is 16.8. The van der Waals surface area contributed by atoms with Crippen LogP contribution >= 0.6 is 27.7 Å².